The average molecular weight is 277 g/mol. The van der Waals surface area contributed by atoms with Gasteiger partial charge >= 0.3 is 0 Å². The molecule has 109 valence electrons. The van der Waals surface area contributed by atoms with Crippen LogP contribution in [0.4, 0.5) is 0 Å². The van der Waals surface area contributed by atoms with Crippen LogP contribution in [0.2, 0.25) is 0 Å². The summed E-state index contributed by atoms with van der Waals surface area (Å²) in [6, 6.07) is 7.53. The predicted octanol–water partition coefficient (Wildman–Crippen LogP) is 1.37. The van der Waals surface area contributed by atoms with E-state index < -0.39 is 5.91 Å². The van der Waals surface area contributed by atoms with Gasteiger partial charge in [0, 0.05) is 19.5 Å². The van der Waals surface area contributed by atoms with Gasteiger partial charge in [-0.1, -0.05) is 19.1 Å². The fourth-order valence-corrected chi connectivity index (χ4v) is 1.63. The molecule has 1 rings (SSSR count). The van der Waals surface area contributed by atoms with Gasteiger partial charge in [-0.25, -0.2) is 0 Å². The van der Waals surface area contributed by atoms with E-state index in [0.29, 0.717) is 13.0 Å². The van der Waals surface area contributed by atoms with Crippen LogP contribution in [0.3, 0.4) is 0 Å². The molecule has 1 aromatic carbocycles. The number of nitrogens with zero attached hydrogens (tertiary/aromatic N) is 1. The molecule has 0 bridgehead atoms. The molecule has 20 heavy (non-hydrogen) atoms. The van der Waals surface area contributed by atoms with Crippen LogP contribution >= 0.6 is 0 Å². The van der Waals surface area contributed by atoms with Gasteiger partial charge in [0.1, 0.15) is 5.75 Å². The largest absolute Gasteiger partial charge is 0.497 e. The van der Waals surface area contributed by atoms with Crippen LogP contribution in [0.1, 0.15) is 18.9 Å². The molecule has 0 aliphatic carbocycles. The highest BCUT2D eigenvalue weighted by molar-refractivity contribution is 5.85. The van der Waals surface area contributed by atoms with Gasteiger partial charge in [-0.05, 0) is 24.1 Å². The van der Waals surface area contributed by atoms with E-state index in [4.69, 9.17) is 10.5 Å². The number of hydrogen-bond acceptors (Lipinski definition) is 3. The zero-order chi connectivity index (χ0) is 15.1. The van der Waals surface area contributed by atoms with Gasteiger partial charge in [0.05, 0.1) is 13.5 Å². The fourth-order valence-electron chi connectivity index (χ4n) is 1.63. The van der Waals surface area contributed by atoms with Gasteiger partial charge in [-0.2, -0.15) is 0 Å². The molecule has 1 aromatic rings. The number of carbonyl (C=O) groups excluding carboxylic acids is 2. The second-order valence-electron chi connectivity index (χ2n) is 4.79. The molecule has 0 aliphatic rings. The molecule has 0 unspecified atom stereocenters. The van der Waals surface area contributed by atoms with Gasteiger partial charge in [-0.15, -0.1) is 0 Å². The average Bonchev–Trinajstić information content (AvgIpc) is 2.44. The third-order valence-corrected chi connectivity index (χ3v) is 3.09. The van der Waals surface area contributed by atoms with E-state index in [9.17, 15) is 9.59 Å². The maximum Gasteiger partial charge on any atom is 0.226 e. The van der Waals surface area contributed by atoms with Crippen molar-refractivity contribution in [1.29, 1.82) is 0 Å². The summed E-state index contributed by atoms with van der Waals surface area (Å²) >= 11 is 0. The predicted molar refractivity (Wildman–Crippen MR) is 76.7 cm³/mol. The van der Waals surface area contributed by atoms with Crippen molar-refractivity contribution in [2.24, 2.45) is 11.7 Å². The third kappa shape index (κ3) is 4.91. The van der Waals surface area contributed by atoms with Crippen molar-refractivity contribution in [2.75, 3.05) is 14.2 Å². The van der Waals surface area contributed by atoms with Crippen LogP contribution < -0.4 is 10.5 Å². The third-order valence-electron chi connectivity index (χ3n) is 3.09. The molecule has 0 heterocycles. The van der Waals surface area contributed by atoms with Crippen LogP contribution in [0.25, 0.3) is 0 Å². The lowest BCUT2D eigenvalue weighted by molar-refractivity contribution is -0.127. The van der Waals surface area contributed by atoms with Crippen molar-refractivity contribution in [3.8, 4) is 5.75 Å². The van der Waals surface area contributed by atoms with Crippen molar-refractivity contribution in [2.45, 2.75) is 19.9 Å². The molecule has 2 N–H and O–H groups in total. The number of rotatable bonds is 7. The molecule has 1 radical (unpaired) electrons. The standard InChI is InChI=1S/C15H21N2O3/c1-11(15(16)19)4-9-14(18)17(2)10-12-5-7-13(20-3)8-6-12/h5-9,11H,4,10H2,1-3H3,(H2,16,19)/t11-/m0/s1. The summed E-state index contributed by atoms with van der Waals surface area (Å²) < 4.78 is 5.08. The maximum atomic E-state index is 11.9. The number of ether oxygens (including phenoxy) is 1. The van der Waals surface area contributed by atoms with Crippen molar-refractivity contribution in [3.63, 3.8) is 0 Å². The minimum atomic E-state index is -0.396. The summed E-state index contributed by atoms with van der Waals surface area (Å²) in [6.45, 7) is 2.21. The Kier molecular flexibility index (Phi) is 6.03. The number of nitrogens with two attached hydrogens (primary N) is 1. The molecular formula is C15H21N2O3. The van der Waals surface area contributed by atoms with Crippen molar-refractivity contribution >= 4 is 11.8 Å². The van der Waals surface area contributed by atoms with E-state index in [2.05, 4.69) is 0 Å². The molecule has 0 aromatic heterocycles. The Morgan fingerprint density at radius 2 is 1.95 bits per heavy atom. The monoisotopic (exact) mass is 277 g/mol. The van der Waals surface area contributed by atoms with E-state index in [1.807, 2.05) is 24.3 Å². The van der Waals surface area contributed by atoms with Crippen LogP contribution in [-0.4, -0.2) is 30.9 Å². The van der Waals surface area contributed by atoms with E-state index in [-0.39, 0.29) is 11.8 Å². The second kappa shape index (κ2) is 7.53. The smallest absolute Gasteiger partial charge is 0.226 e. The lowest BCUT2D eigenvalue weighted by atomic mass is 10.0. The summed E-state index contributed by atoms with van der Waals surface area (Å²) in [5.41, 5.74) is 6.17. The topological polar surface area (TPSA) is 72.6 Å². The highest BCUT2D eigenvalue weighted by Crippen LogP contribution is 2.13. The first-order valence-corrected chi connectivity index (χ1v) is 6.44. The maximum absolute atomic E-state index is 11.9. The Labute approximate surface area is 119 Å². The van der Waals surface area contributed by atoms with Gasteiger partial charge in [0.2, 0.25) is 11.8 Å². The molecule has 0 fully saturated rings. The minimum absolute atomic E-state index is 0.117. The summed E-state index contributed by atoms with van der Waals surface area (Å²) in [6.07, 6.45) is 1.86. The number of methoxy groups -OCH3 is 1. The minimum Gasteiger partial charge on any atom is -0.497 e. The highest BCUT2D eigenvalue weighted by Gasteiger charge is 2.14. The number of hydrogen-bond donors (Lipinski definition) is 1. The first kappa shape index (κ1) is 16.0. The molecule has 5 heteroatoms. The molecule has 0 saturated carbocycles. The molecule has 1 atom stereocenters. The van der Waals surface area contributed by atoms with E-state index in [1.165, 1.54) is 6.42 Å². The first-order chi connectivity index (χ1) is 9.43. The van der Waals surface area contributed by atoms with Crippen LogP contribution in [0.5, 0.6) is 5.75 Å². The number of carbonyl (C=O) groups is 2. The van der Waals surface area contributed by atoms with Gasteiger partial charge in [-0.3, -0.25) is 9.59 Å². The van der Waals surface area contributed by atoms with Crippen LogP contribution in [0, 0.1) is 12.3 Å². The van der Waals surface area contributed by atoms with Crippen molar-refractivity contribution in [1.82, 2.24) is 4.90 Å². The highest BCUT2D eigenvalue weighted by atomic mass is 16.5. The summed E-state index contributed by atoms with van der Waals surface area (Å²) in [5, 5.41) is 0. The summed E-state index contributed by atoms with van der Waals surface area (Å²) in [7, 11) is 3.33. The van der Waals surface area contributed by atoms with E-state index in [1.54, 1.807) is 26.0 Å². The SMILES string of the molecule is COc1ccc(CN(C)C(=O)[CH]C[C@H](C)C(N)=O)cc1. The zero-order valence-electron chi connectivity index (χ0n) is 12.1. The van der Waals surface area contributed by atoms with E-state index in [0.717, 1.165) is 11.3 Å². The first-order valence-electron chi connectivity index (χ1n) is 6.44. The molecule has 0 spiro atoms. The molecule has 5 nitrogen and oxygen atoms in total. The number of primary amides is 1. The van der Waals surface area contributed by atoms with Gasteiger partial charge < -0.3 is 15.4 Å². The second-order valence-corrected chi connectivity index (χ2v) is 4.79. The lowest BCUT2D eigenvalue weighted by Gasteiger charge is -2.18. The van der Waals surface area contributed by atoms with Crippen molar-refractivity contribution in [3.05, 3.63) is 36.2 Å². The quantitative estimate of drug-likeness (QED) is 0.818. The van der Waals surface area contributed by atoms with Crippen LogP contribution in [-0.2, 0) is 16.1 Å². The van der Waals surface area contributed by atoms with E-state index >= 15 is 0 Å². The fraction of sp³-hybridized carbons (Fsp3) is 0.400. The Morgan fingerprint density at radius 3 is 2.45 bits per heavy atom. The summed E-state index contributed by atoms with van der Waals surface area (Å²) in [5.74, 6) is -0.0568. The number of amides is 2. The normalized spacial score (nSPS) is 11.8. The molecular weight excluding hydrogens is 256 g/mol. The Balaban J connectivity index is 2.46. The molecule has 2 amide bonds. The van der Waals surface area contributed by atoms with Gasteiger partial charge in [0.25, 0.3) is 0 Å². The Bertz CT molecular complexity index is 457. The Hall–Kier alpha value is -2.04. The molecule has 0 aliphatic heterocycles. The number of benzene rings is 1. The Morgan fingerprint density at radius 1 is 1.35 bits per heavy atom. The van der Waals surface area contributed by atoms with Crippen LogP contribution in [0.15, 0.2) is 24.3 Å². The van der Waals surface area contributed by atoms with Crippen molar-refractivity contribution < 1.29 is 14.3 Å². The lowest BCUT2D eigenvalue weighted by Crippen LogP contribution is -2.28. The van der Waals surface area contributed by atoms with Gasteiger partial charge in [0.15, 0.2) is 0 Å². The zero-order valence-corrected chi connectivity index (χ0v) is 12.1. The summed E-state index contributed by atoms with van der Waals surface area (Å²) in [4.78, 5) is 24.4. The molecule has 0 saturated heterocycles.